The van der Waals surface area contributed by atoms with Gasteiger partial charge in [-0.2, -0.15) is 7.11 Å². The van der Waals surface area contributed by atoms with Gasteiger partial charge in [-0.3, -0.25) is 0 Å². The average molecular weight is 174 g/mol. The Bertz CT molecular complexity index is 38.7. The molecule has 0 aromatic rings. The number of rotatable bonds is 3. The summed E-state index contributed by atoms with van der Waals surface area (Å²) in [7, 11) is 5.47. The Balaban J connectivity index is -0.000000149. The fourth-order valence-corrected chi connectivity index (χ4v) is 0.866. The topological polar surface area (TPSA) is 50.8 Å². The molecular formula is C4H12AlNaO4. The van der Waals surface area contributed by atoms with E-state index >= 15 is 0 Å². The summed E-state index contributed by atoms with van der Waals surface area (Å²) in [5.74, 6) is 0. The smallest absolute Gasteiger partial charge is 0.857 e. The second-order valence-corrected chi connectivity index (χ2v) is 2.99. The monoisotopic (exact) mass is 174 g/mol. The van der Waals surface area contributed by atoms with Gasteiger partial charge in [0.1, 0.15) is 0 Å². The van der Waals surface area contributed by atoms with E-state index in [1.54, 1.807) is 21.3 Å². The molecule has 0 N–H and O–H groups in total. The minimum Gasteiger partial charge on any atom is -0.857 e. The van der Waals surface area contributed by atoms with Crippen molar-refractivity contribution in [3.05, 3.63) is 0 Å². The summed E-state index contributed by atoms with van der Waals surface area (Å²) in [6, 6.07) is 0. The molecule has 0 fully saturated rings. The number of hydrogen-bond acceptors (Lipinski definition) is 4. The minimum atomic E-state index is -1.67. The first kappa shape index (κ1) is 17.5. The maximum absolute atomic E-state index is 8.25. The van der Waals surface area contributed by atoms with Crippen molar-refractivity contribution in [2.45, 2.75) is 0 Å². The zero-order valence-corrected chi connectivity index (χ0v) is 10.4. The first-order valence-electron chi connectivity index (χ1n) is 2.34. The van der Waals surface area contributed by atoms with Crippen LogP contribution in [0.15, 0.2) is 0 Å². The predicted octanol–water partition coefficient (Wildman–Crippen LogP) is -4.11. The Morgan fingerprint density at radius 1 is 0.900 bits per heavy atom. The molecule has 0 aliphatic heterocycles. The van der Waals surface area contributed by atoms with Gasteiger partial charge in [-0.1, -0.05) is 0 Å². The molecule has 4 nitrogen and oxygen atoms in total. The van der Waals surface area contributed by atoms with Crippen molar-refractivity contribution in [2.24, 2.45) is 0 Å². The molecule has 0 bridgehead atoms. The van der Waals surface area contributed by atoms with E-state index in [9.17, 15) is 0 Å². The first-order valence-corrected chi connectivity index (χ1v) is 3.75. The Hall–Kier alpha value is 1.37. The van der Waals surface area contributed by atoms with Crippen molar-refractivity contribution in [3.63, 3.8) is 0 Å². The molecule has 0 saturated heterocycles. The van der Waals surface area contributed by atoms with Gasteiger partial charge >= 0.3 is 44.7 Å². The van der Waals surface area contributed by atoms with Crippen LogP contribution < -0.4 is 34.7 Å². The van der Waals surface area contributed by atoms with Gasteiger partial charge in [0.15, 0.2) is 0 Å². The van der Waals surface area contributed by atoms with Crippen LogP contribution >= 0.6 is 0 Å². The van der Waals surface area contributed by atoms with Gasteiger partial charge in [-0.05, 0) is 0 Å². The average Bonchev–Trinajstić information content (AvgIpc) is 1.96. The molecule has 0 spiro atoms. The zero-order chi connectivity index (χ0) is 7.70. The molecule has 0 aromatic carbocycles. The molecule has 0 aromatic heterocycles. The summed E-state index contributed by atoms with van der Waals surface area (Å²) in [5.41, 5.74) is 0. The standard InChI is InChI=1S/4CH3O.Al.Na/c4*1-2;;/h4*1H3;;/q4*-1;+3;+1. The third-order valence-corrected chi connectivity index (χ3v) is 1.73. The molecule has 6 heteroatoms. The van der Waals surface area contributed by atoms with Gasteiger partial charge in [-0.25, -0.2) is 0 Å². The molecule has 0 heterocycles. The first-order chi connectivity index (χ1) is 4.35. The zero-order valence-electron chi connectivity index (χ0n) is 7.21. The maximum atomic E-state index is 8.25. The van der Waals surface area contributed by atoms with Crippen molar-refractivity contribution in [1.82, 2.24) is 0 Å². The van der Waals surface area contributed by atoms with Gasteiger partial charge in [-0.15, -0.1) is 0 Å². The van der Waals surface area contributed by atoms with E-state index in [0.29, 0.717) is 0 Å². The van der Waals surface area contributed by atoms with Crippen molar-refractivity contribution in [1.29, 1.82) is 0 Å². The van der Waals surface area contributed by atoms with Gasteiger partial charge in [0.2, 0.25) is 0 Å². The molecule has 0 aliphatic carbocycles. The van der Waals surface area contributed by atoms with Crippen LogP contribution in [0.2, 0.25) is 0 Å². The molecule has 10 heavy (non-hydrogen) atoms. The van der Waals surface area contributed by atoms with Crippen LogP contribution in [0.5, 0.6) is 0 Å². The van der Waals surface area contributed by atoms with Gasteiger partial charge in [0, 0.05) is 21.3 Å². The Kier molecular flexibility index (Phi) is 29.3. The molecule has 56 valence electrons. The molecule has 0 radical (unpaired) electrons. The van der Waals surface area contributed by atoms with Crippen molar-refractivity contribution < 1.29 is 46.0 Å². The second kappa shape index (κ2) is 16.8. The quantitative estimate of drug-likeness (QED) is 0.408. The van der Waals surface area contributed by atoms with Crippen molar-refractivity contribution in [2.75, 3.05) is 28.4 Å². The van der Waals surface area contributed by atoms with E-state index in [0.717, 1.165) is 7.11 Å². The van der Waals surface area contributed by atoms with Crippen LogP contribution in [0.25, 0.3) is 0 Å². The summed E-state index contributed by atoms with van der Waals surface area (Å²) in [4.78, 5) is 0. The molecule has 0 rings (SSSR count). The summed E-state index contributed by atoms with van der Waals surface area (Å²) >= 11 is -1.67. The van der Waals surface area contributed by atoms with Crippen LogP contribution in [0.3, 0.4) is 0 Å². The predicted molar refractivity (Wildman–Crippen MR) is 32.7 cm³/mol. The van der Waals surface area contributed by atoms with Crippen LogP contribution in [0.4, 0.5) is 0 Å². The minimum absolute atomic E-state index is 0. The summed E-state index contributed by atoms with van der Waals surface area (Å²) < 4.78 is 14.2. The fraction of sp³-hybridized carbons (Fsp3) is 1.00. The third kappa shape index (κ3) is 12.1. The van der Waals surface area contributed by atoms with Crippen LogP contribution in [-0.4, -0.2) is 43.6 Å². The molecule has 0 amide bonds. The normalized spacial score (nSPS) is 6.90. The number of hydrogen-bond donors (Lipinski definition) is 0. The Morgan fingerprint density at radius 2 is 1.10 bits per heavy atom. The molecule has 0 saturated carbocycles. The van der Waals surface area contributed by atoms with Gasteiger partial charge in [0.25, 0.3) is 0 Å². The summed E-state index contributed by atoms with van der Waals surface area (Å²) in [5, 5.41) is 8.25. The summed E-state index contributed by atoms with van der Waals surface area (Å²) in [6.07, 6.45) is 0. The SMILES string of the molecule is C[O-].C[O][Al]([O]C)[O]C.[Na+]. The Labute approximate surface area is 89.1 Å². The van der Waals surface area contributed by atoms with E-state index in [1.165, 1.54) is 0 Å². The van der Waals surface area contributed by atoms with E-state index in [-0.39, 0.29) is 29.6 Å². The van der Waals surface area contributed by atoms with Crippen molar-refractivity contribution in [3.8, 4) is 0 Å². The molecule has 0 unspecified atom stereocenters. The van der Waals surface area contributed by atoms with Crippen LogP contribution in [0, 0.1) is 0 Å². The van der Waals surface area contributed by atoms with Crippen LogP contribution in [0.1, 0.15) is 0 Å². The van der Waals surface area contributed by atoms with E-state index in [2.05, 4.69) is 0 Å². The molecular weight excluding hydrogens is 162 g/mol. The molecule has 0 atom stereocenters. The largest absolute Gasteiger partial charge is 1.00 e. The van der Waals surface area contributed by atoms with E-state index in [4.69, 9.17) is 16.5 Å². The van der Waals surface area contributed by atoms with Crippen molar-refractivity contribution >= 4 is 15.1 Å². The Morgan fingerprint density at radius 3 is 1.10 bits per heavy atom. The summed E-state index contributed by atoms with van der Waals surface area (Å²) in [6.45, 7) is 0. The van der Waals surface area contributed by atoms with E-state index in [1.807, 2.05) is 0 Å². The van der Waals surface area contributed by atoms with Gasteiger partial charge < -0.3 is 16.5 Å². The molecule has 0 aliphatic rings. The third-order valence-electron chi connectivity index (χ3n) is 0.577. The maximum Gasteiger partial charge on any atom is 1.00 e. The van der Waals surface area contributed by atoms with Gasteiger partial charge in [0.05, 0.1) is 0 Å². The van der Waals surface area contributed by atoms with E-state index < -0.39 is 15.1 Å². The van der Waals surface area contributed by atoms with Crippen LogP contribution in [-0.2, 0) is 11.4 Å². The second-order valence-electron chi connectivity index (χ2n) is 0.996. The fourth-order valence-electron chi connectivity index (χ4n) is 0.289.